The fourth-order valence-corrected chi connectivity index (χ4v) is 2.60. The van der Waals surface area contributed by atoms with Crippen LogP contribution in [0.5, 0.6) is 5.75 Å². The number of terminal acetylenes is 1. The van der Waals surface area contributed by atoms with Crippen LogP contribution < -0.4 is 20.7 Å². The largest absolute Gasteiger partial charge is 0.434 e. The van der Waals surface area contributed by atoms with Crippen LogP contribution in [-0.2, 0) is 11.3 Å². The van der Waals surface area contributed by atoms with Crippen molar-refractivity contribution in [1.82, 2.24) is 10.6 Å². The third-order valence-electron chi connectivity index (χ3n) is 3.91. The Kier molecular flexibility index (Phi) is 8.63. The summed E-state index contributed by atoms with van der Waals surface area (Å²) in [6, 6.07) is 11.9. The predicted octanol–water partition coefficient (Wildman–Crippen LogP) is 3.27. The van der Waals surface area contributed by atoms with Gasteiger partial charge in [0.2, 0.25) is 5.91 Å². The number of halogens is 2. The van der Waals surface area contributed by atoms with Gasteiger partial charge in [-0.3, -0.25) is 4.79 Å². The number of guanidine groups is 1. The van der Waals surface area contributed by atoms with Crippen LogP contribution in [0.3, 0.4) is 0 Å². The third-order valence-corrected chi connectivity index (χ3v) is 3.91. The first-order valence-electron chi connectivity index (χ1n) is 9.34. The highest BCUT2D eigenvalue weighted by atomic mass is 19.3. The second kappa shape index (κ2) is 11.4. The lowest BCUT2D eigenvalue weighted by Gasteiger charge is -2.13. The minimum atomic E-state index is -2.92. The van der Waals surface area contributed by atoms with E-state index in [9.17, 15) is 13.6 Å². The van der Waals surface area contributed by atoms with E-state index < -0.39 is 6.61 Å². The SMILES string of the molecule is C#Cc1cccc(NC(=O)CNC(=NCc2cc(C)ccc2OC(F)F)NCC)c1. The average molecular weight is 414 g/mol. The molecule has 0 saturated heterocycles. The lowest BCUT2D eigenvalue weighted by molar-refractivity contribution is -0.115. The van der Waals surface area contributed by atoms with E-state index in [1.165, 1.54) is 6.07 Å². The number of alkyl halides is 2. The summed E-state index contributed by atoms with van der Waals surface area (Å²) in [5.41, 5.74) is 2.67. The molecule has 0 saturated carbocycles. The summed E-state index contributed by atoms with van der Waals surface area (Å²) >= 11 is 0. The van der Waals surface area contributed by atoms with E-state index >= 15 is 0 Å². The summed E-state index contributed by atoms with van der Waals surface area (Å²) in [5.74, 6) is 2.66. The lowest BCUT2D eigenvalue weighted by Crippen LogP contribution is -2.41. The maximum atomic E-state index is 12.6. The Morgan fingerprint density at radius 3 is 2.73 bits per heavy atom. The normalized spacial score (nSPS) is 11.0. The summed E-state index contributed by atoms with van der Waals surface area (Å²) in [7, 11) is 0. The molecule has 1 amide bonds. The smallest absolute Gasteiger partial charge is 0.387 e. The number of carbonyl (C=O) groups is 1. The van der Waals surface area contributed by atoms with E-state index in [0.29, 0.717) is 29.3 Å². The third kappa shape index (κ3) is 7.43. The standard InChI is InChI=1S/C22H24F2N4O2/c1-4-16-7-6-8-18(12-16)28-20(29)14-27-22(25-5-2)26-13-17-11-15(3)9-10-19(17)30-21(23)24/h1,6-12,21H,5,13-14H2,2-3H3,(H,28,29)(H2,25,26,27). The number of hydrogen-bond donors (Lipinski definition) is 3. The number of nitrogens with one attached hydrogen (secondary N) is 3. The molecule has 0 bridgehead atoms. The van der Waals surface area contributed by atoms with Crippen molar-refractivity contribution >= 4 is 17.6 Å². The molecule has 158 valence electrons. The van der Waals surface area contributed by atoms with Gasteiger partial charge in [0.15, 0.2) is 5.96 Å². The summed E-state index contributed by atoms with van der Waals surface area (Å²) < 4.78 is 29.8. The predicted molar refractivity (Wildman–Crippen MR) is 114 cm³/mol. The molecule has 0 aliphatic carbocycles. The van der Waals surface area contributed by atoms with Crippen LogP contribution in [-0.4, -0.2) is 31.6 Å². The fraction of sp³-hybridized carbons (Fsp3) is 0.273. The first-order valence-corrected chi connectivity index (χ1v) is 9.34. The van der Waals surface area contributed by atoms with Crippen LogP contribution in [0.15, 0.2) is 47.5 Å². The number of hydrogen-bond acceptors (Lipinski definition) is 3. The van der Waals surface area contributed by atoms with Crippen LogP contribution in [0.1, 0.15) is 23.6 Å². The number of amides is 1. The molecule has 0 unspecified atom stereocenters. The van der Waals surface area contributed by atoms with E-state index in [1.807, 2.05) is 13.8 Å². The maximum Gasteiger partial charge on any atom is 0.387 e. The molecule has 0 radical (unpaired) electrons. The van der Waals surface area contributed by atoms with Crippen molar-refractivity contribution in [3.63, 3.8) is 0 Å². The molecular formula is C22H24F2N4O2. The molecule has 0 fully saturated rings. The van der Waals surface area contributed by atoms with Gasteiger partial charge in [-0.15, -0.1) is 6.42 Å². The van der Waals surface area contributed by atoms with Crippen LogP contribution >= 0.6 is 0 Å². The molecule has 30 heavy (non-hydrogen) atoms. The Morgan fingerprint density at radius 1 is 1.23 bits per heavy atom. The van der Waals surface area contributed by atoms with Gasteiger partial charge < -0.3 is 20.7 Å². The molecule has 0 atom stereocenters. The van der Waals surface area contributed by atoms with E-state index in [1.54, 1.807) is 36.4 Å². The summed E-state index contributed by atoms with van der Waals surface area (Å²) in [6.45, 7) is 1.43. The quantitative estimate of drug-likeness (QED) is 0.352. The van der Waals surface area contributed by atoms with Gasteiger partial charge in [-0.2, -0.15) is 8.78 Å². The Balaban J connectivity index is 2.01. The zero-order valence-electron chi connectivity index (χ0n) is 16.8. The summed E-state index contributed by atoms with van der Waals surface area (Å²) in [5, 5.41) is 8.66. The second-order valence-corrected chi connectivity index (χ2v) is 6.31. The average Bonchev–Trinajstić information content (AvgIpc) is 2.71. The van der Waals surface area contributed by atoms with E-state index in [0.717, 1.165) is 5.56 Å². The molecule has 8 heteroatoms. The van der Waals surface area contributed by atoms with Gasteiger partial charge in [-0.05, 0) is 38.1 Å². The summed E-state index contributed by atoms with van der Waals surface area (Å²) in [6.07, 6.45) is 5.36. The van der Waals surface area contributed by atoms with E-state index in [-0.39, 0.29) is 24.7 Å². The molecule has 0 heterocycles. The number of benzene rings is 2. The number of aryl methyl sites for hydroxylation is 1. The van der Waals surface area contributed by atoms with E-state index in [2.05, 4.69) is 31.6 Å². The van der Waals surface area contributed by atoms with Gasteiger partial charge in [-0.1, -0.05) is 29.7 Å². The van der Waals surface area contributed by atoms with Crippen molar-refractivity contribution in [3.8, 4) is 18.1 Å². The molecule has 2 rings (SSSR count). The van der Waals surface area contributed by atoms with Gasteiger partial charge in [0.25, 0.3) is 0 Å². The van der Waals surface area contributed by atoms with Crippen molar-refractivity contribution in [3.05, 3.63) is 59.2 Å². The first-order chi connectivity index (χ1) is 14.4. The Morgan fingerprint density at radius 2 is 2.03 bits per heavy atom. The molecule has 2 aromatic carbocycles. The van der Waals surface area contributed by atoms with Crippen LogP contribution in [0.25, 0.3) is 0 Å². The molecule has 2 aromatic rings. The molecule has 6 nitrogen and oxygen atoms in total. The maximum absolute atomic E-state index is 12.6. The zero-order valence-corrected chi connectivity index (χ0v) is 16.8. The molecular weight excluding hydrogens is 390 g/mol. The topological polar surface area (TPSA) is 74.8 Å². The minimum Gasteiger partial charge on any atom is -0.434 e. The lowest BCUT2D eigenvalue weighted by atomic mass is 10.1. The number of carbonyl (C=O) groups excluding carboxylic acids is 1. The monoisotopic (exact) mass is 414 g/mol. The first kappa shape index (κ1) is 22.7. The van der Waals surface area contributed by atoms with Gasteiger partial charge in [0.05, 0.1) is 13.1 Å². The van der Waals surface area contributed by atoms with Gasteiger partial charge in [0.1, 0.15) is 5.75 Å². The molecule has 3 N–H and O–H groups in total. The summed E-state index contributed by atoms with van der Waals surface area (Å²) in [4.78, 5) is 16.6. The molecule has 0 aliphatic heterocycles. The Hall–Kier alpha value is -3.60. The number of nitrogens with zero attached hydrogens (tertiary/aromatic N) is 1. The van der Waals surface area contributed by atoms with Crippen LogP contribution in [0.4, 0.5) is 14.5 Å². The highest BCUT2D eigenvalue weighted by Crippen LogP contribution is 2.22. The number of anilines is 1. The highest BCUT2D eigenvalue weighted by molar-refractivity contribution is 5.95. The van der Waals surface area contributed by atoms with Gasteiger partial charge in [0, 0.05) is 23.4 Å². The van der Waals surface area contributed by atoms with Crippen molar-refractivity contribution in [2.24, 2.45) is 4.99 Å². The number of rotatable bonds is 8. The minimum absolute atomic E-state index is 0.0413. The Bertz CT molecular complexity index is 939. The highest BCUT2D eigenvalue weighted by Gasteiger charge is 2.10. The van der Waals surface area contributed by atoms with Gasteiger partial charge in [-0.25, -0.2) is 4.99 Å². The number of ether oxygens (including phenoxy) is 1. The van der Waals surface area contributed by atoms with Gasteiger partial charge >= 0.3 is 6.61 Å². The van der Waals surface area contributed by atoms with Crippen molar-refractivity contribution in [2.75, 3.05) is 18.4 Å². The fourth-order valence-electron chi connectivity index (χ4n) is 2.60. The second-order valence-electron chi connectivity index (χ2n) is 6.31. The van der Waals surface area contributed by atoms with Crippen molar-refractivity contribution in [2.45, 2.75) is 27.0 Å². The van der Waals surface area contributed by atoms with Crippen LogP contribution in [0, 0.1) is 19.3 Å². The van der Waals surface area contributed by atoms with Crippen molar-refractivity contribution < 1.29 is 18.3 Å². The molecule has 0 spiro atoms. The molecule has 0 aromatic heterocycles. The van der Waals surface area contributed by atoms with Crippen molar-refractivity contribution in [1.29, 1.82) is 0 Å². The number of aliphatic imine (C=N–C) groups is 1. The van der Waals surface area contributed by atoms with E-state index in [4.69, 9.17) is 6.42 Å². The van der Waals surface area contributed by atoms with Crippen LogP contribution in [0.2, 0.25) is 0 Å². The zero-order chi connectivity index (χ0) is 21.9. The molecule has 0 aliphatic rings. The Labute approximate surface area is 174 Å².